The summed E-state index contributed by atoms with van der Waals surface area (Å²) in [7, 11) is 5.09. The highest BCUT2D eigenvalue weighted by molar-refractivity contribution is 6.30. The van der Waals surface area contributed by atoms with Crippen LogP contribution in [-0.4, -0.2) is 73.2 Å². The summed E-state index contributed by atoms with van der Waals surface area (Å²) in [5.41, 5.74) is 1.44. The van der Waals surface area contributed by atoms with Crippen molar-refractivity contribution in [3.05, 3.63) is 58.9 Å². The molecule has 0 aliphatic carbocycles. The maximum absolute atomic E-state index is 13.1. The van der Waals surface area contributed by atoms with Gasteiger partial charge in [-0.05, 0) is 30.3 Å². The summed E-state index contributed by atoms with van der Waals surface area (Å²) >= 11 is 6.02. The van der Waals surface area contributed by atoms with Crippen LogP contribution in [0.15, 0.2) is 42.6 Å². The van der Waals surface area contributed by atoms with Crippen LogP contribution >= 0.6 is 11.6 Å². The molecule has 0 radical (unpaired) electrons. The van der Waals surface area contributed by atoms with E-state index in [0.717, 1.165) is 5.69 Å². The molecule has 0 aliphatic heterocycles. The lowest BCUT2D eigenvalue weighted by Gasteiger charge is -2.28. The number of amides is 2. The summed E-state index contributed by atoms with van der Waals surface area (Å²) in [4.78, 5) is 29.2. The molecule has 2 amide bonds. The molecule has 1 heterocycles. The number of carbonyl (C=O) groups is 2. The maximum atomic E-state index is 13.1. The summed E-state index contributed by atoms with van der Waals surface area (Å²) in [6, 6.07) is 10.6. The average Bonchev–Trinajstić information content (AvgIpc) is 3.12. The van der Waals surface area contributed by atoms with E-state index in [1.165, 1.54) is 4.90 Å². The third kappa shape index (κ3) is 6.88. The largest absolute Gasteiger partial charge is 0.383 e. The van der Waals surface area contributed by atoms with Crippen LogP contribution < -0.4 is 0 Å². The topological polar surface area (TPSA) is 64.0 Å². The number of halogens is 1. The summed E-state index contributed by atoms with van der Waals surface area (Å²) in [5.74, 6) is -0.418. The number of rotatable bonds is 11. The van der Waals surface area contributed by atoms with Crippen molar-refractivity contribution in [3.63, 3.8) is 0 Å². The molecule has 8 heteroatoms. The molecule has 2 rings (SSSR count). The van der Waals surface area contributed by atoms with Gasteiger partial charge in [0.25, 0.3) is 5.91 Å². The minimum atomic E-state index is -0.261. The van der Waals surface area contributed by atoms with Crippen molar-refractivity contribution in [1.29, 1.82) is 0 Å². The number of aromatic nitrogens is 1. The number of carbonyl (C=O) groups excluding carboxylic acids is 2. The van der Waals surface area contributed by atoms with E-state index < -0.39 is 0 Å². The molecule has 0 bridgehead atoms. The van der Waals surface area contributed by atoms with Gasteiger partial charge in [0.1, 0.15) is 6.54 Å². The molecule has 0 N–H and O–H groups in total. The Bertz CT molecular complexity index is 809. The second-order valence-electron chi connectivity index (χ2n) is 6.65. The molecule has 0 saturated heterocycles. The summed E-state index contributed by atoms with van der Waals surface area (Å²) in [5, 5.41) is 0.472. The van der Waals surface area contributed by atoms with Crippen molar-refractivity contribution in [2.75, 3.05) is 47.1 Å². The van der Waals surface area contributed by atoms with Crippen LogP contribution in [0.2, 0.25) is 5.02 Å². The molecule has 158 valence electrons. The first-order chi connectivity index (χ1) is 14.0. The van der Waals surface area contributed by atoms with Gasteiger partial charge in [-0.3, -0.25) is 9.59 Å². The Morgan fingerprint density at radius 3 is 2.31 bits per heavy atom. The fourth-order valence-corrected chi connectivity index (χ4v) is 3.06. The minimum absolute atomic E-state index is 0.0527. The Kier molecular flexibility index (Phi) is 9.18. The molecule has 0 unspecified atom stereocenters. The number of ether oxygens (including phenoxy) is 2. The van der Waals surface area contributed by atoms with Crippen LogP contribution in [0.25, 0.3) is 0 Å². The quantitative estimate of drug-likeness (QED) is 0.559. The molecule has 0 fully saturated rings. The van der Waals surface area contributed by atoms with E-state index in [-0.39, 0.29) is 18.4 Å². The van der Waals surface area contributed by atoms with E-state index in [0.29, 0.717) is 43.4 Å². The lowest BCUT2D eigenvalue weighted by Crippen LogP contribution is -2.45. The highest BCUT2D eigenvalue weighted by Crippen LogP contribution is 2.14. The van der Waals surface area contributed by atoms with Crippen molar-refractivity contribution >= 4 is 23.4 Å². The van der Waals surface area contributed by atoms with Gasteiger partial charge in [0.15, 0.2) is 0 Å². The van der Waals surface area contributed by atoms with E-state index in [1.54, 1.807) is 43.4 Å². The first-order valence-electron chi connectivity index (χ1n) is 9.37. The Morgan fingerprint density at radius 1 is 1.03 bits per heavy atom. The second kappa shape index (κ2) is 11.6. The first kappa shape index (κ1) is 22.9. The Balaban J connectivity index is 2.16. The van der Waals surface area contributed by atoms with E-state index in [4.69, 9.17) is 21.1 Å². The standard InChI is InChI=1S/C21H28ClN3O4/c1-23-9-5-8-19(23)15-24(10-12-28-2)20(26)16-25(11-13-29-3)21(27)17-6-4-7-18(22)14-17/h4-9,14H,10-13,15-16H2,1-3H3. The zero-order valence-electron chi connectivity index (χ0n) is 17.1. The third-order valence-corrected chi connectivity index (χ3v) is 4.81. The van der Waals surface area contributed by atoms with Crippen LogP contribution in [0.3, 0.4) is 0 Å². The molecule has 29 heavy (non-hydrogen) atoms. The maximum Gasteiger partial charge on any atom is 0.254 e. The van der Waals surface area contributed by atoms with Crippen molar-refractivity contribution in [1.82, 2.24) is 14.4 Å². The van der Waals surface area contributed by atoms with Crippen LogP contribution in [0.5, 0.6) is 0 Å². The molecule has 0 saturated carbocycles. The van der Waals surface area contributed by atoms with Gasteiger partial charge in [0.05, 0.1) is 19.8 Å². The lowest BCUT2D eigenvalue weighted by atomic mass is 10.2. The normalized spacial score (nSPS) is 10.8. The highest BCUT2D eigenvalue weighted by atomic mass is 35.5. The smallest absolute Gasteiger partial charge is 0.254 e. The monoisotopic (exact) mass is 421 g/mol. The van der Waals surface area contributed by atoms with Gasteiger partial charge < -0.3 is 23.8 Å². The number of nitrogens with zero attached hydrogens (tertiary/aromatic N) is 3. The van der Waals surface area contributed by atoms with E-state index in [2.05, 4.69) is 0 Å². The van der Waals surface area contributed by atoms with Gasteiger partial charge in [-0.1, -0.05) is 17.7 Å². The number of hydrogen-bond acceptors (Lipinski definition) is 4. The fraction of sp³-hybridized carbons (Fsp3) is 0.429. The molecule has 0 aliphatic rings. The first-order valence-corrected chi connectivity index (χ1v) is 9.74. The SMILES string of the molecule is COCCN(Cc1cccn1C)C(=O)CN(CCOC)C(=O)c1cccc(Cl)c1. The van der Waals surface area contributed by atoms with Crippen molar-refractivity contribution < 1.29 is 19.1 Å². The van der Waals surface area contributed by atoms with E-state index in [9.17, 15) is 9.59 Å². The third-order valence-electron chi connectivity index (χ3n) is 4.57. The second-order valence-corrected chi connectivity index (χ2v) is 7.08. The van der Waals surface area contributed by atoms with Crippen molar-refractivity contribution in [2.45, 2.75) is 6.54 Å². The minimum Gasteiger partial charge on any atom is -0.383 e. The number of aryl methyl sites for hydroxylation is 1. The number of methoxy groups -OCH3 is 2. The van der Waals surface area contributed by atoms with Gasteiger partial charge in [0, 0.05) is 56.8 Å². The average molecular weight is 422 g/mol. The summed E-state index contributed by atoms with van der Waals surface area (Å²) in [6.45, 7) is 1.86. The summed E-state index contributed by atoms with van der Waals surface area (Å²) in [6.07, 6.45) is 1.93. The van der Waals surface area contributed by atoms with Gasteiger partial charge in [-0.25, -0.2) is 0 Å². The van der Waals surface area contributed by atoms with Crippen molar-refractivity contribution in [3.8, 4) is 0 Å². The van der Waals surface area contributed by atoms with Crippen LogP contribution in [0.4, 0.5) is 0 Å². The van der Waals surface area contributed by atoms with Crippen LogP contribution in [0.1, 0.15) is 16.1 Å². The molecule has 1 aromatic heterocycles. The molecule has 1 aromatic carbocycles. The van der Waals surface area contributed by atoms with E-state index in [1.807, 2.05) is 29.9 Å². The highest BCUT2D eigenvalue weighted by Gasteiger charge is 2.23. The zero-order valence-corrected chi connectivity index (χ0v) is 17.9. The van der Waals surface area contributed by atoms with Gasteiger partial charge >= 0.3 is 0 Å². The number of benzene rings is 1. The predicted molar refractivity (Wildman–Crippen MR) is 112 cm³/mol. The zero-order chi connectivity index (χ0) is 21.2. The summed E-state index contributed by atoms with van der Waals surface area (Å²) < 4.78 is 12.2. The van der Waals surface area contributed by atoms with Crippen LogP contribution in [0, 0.1) is 0 Å². The molecule has 7 nitrogen and oxygen atoms in total. The van der Waals surface area contributed by atoms with E-state index >= 15 is 0 Å². The Morgan fingerprint density at radius 2 is 1.72 bits per heavy atom. The molecular weight excluding hydrogens is 394 g/mol. The molecular formula is C21H28ClN3O4. The molecule has 0 atom stereocenters. The van der Waals surface area contributed by atoms with Gasteiger partial charge in [-0.15, -0.1) is 0 Å². The Hall–Kier alpha value is -2.35. The predicted octanol–water partition coefficient (Wildman–Crippen LogP) is 2.44. The van der Waals surface area contributed by atoms with Crippen molar-refractivity contribution in [2.24, 2.45) is 7.05 Å². The van der Waals surface area contributed by atoms with Gasteiger partial charge in [-0.2, -0.15) is 0 Å². The van der Waals surface area contributed by atoms with Crippen LogP contribution in [-0.2, 0) is 27.9 Å². The lowest BCUT2D eigenvalue weighted by molar-refractivity contribution is -0.133. The molecule has 2 aromatic rings. The molecule has 0 spiro atoms. The Labute approximate surface area is 176 Å². The fourth-order valence-electron chi connectivity index (χ4n) is 2.87. The number of hydrogen-bond donors (Lipinski definition) is 0. The van der Waals surface area contributed by atoms with Gasteiger partial charge in [0.2, 0.25) is 5.91 Å².